The van der Waals surface area contributed by atoms with Gasteiger partial charge in [-0.05, 0) is 31.7 Å². The zero-order chi connectivity index (χ0) is 13.7. The van der Waals surface area contributed by atoms with Crippen LogP contribution in [-0.4, -0.2) is 57.0 Å². The van der Waals surface area contributed by atoms with E-state index >= 15 is 0 Å². The molecule has 2 aliphatic rings. The molecule has 0 aromatic rings. The maximum Gasteiger partial charge on any atom is 0.393 e. The zero-order valence-corrected chi connectivity index (χ0v) is 11.2. The minimum atomic E-state index is -4.03. The first kappa shape index (κ1) is 15.1. The number of alkyl halides is 3. The topological polar surface area (TPSA) is 24.5 Å². The van der Waals surface area contributed by atoms with E-state index in [-0.39, 0.29) is 13.0 Å². The molecule has 0 aromatic carbocycles. The minimum Gasteiger partial charge on any atom is -0.381 e. The predicted molar refractivity (Wildman–Crippen MR) is 67.0 cm³/mol. The van der Waals surface area contributed by atoms with E-state index in [1.54, 1.807) is 0 Å². The Hall–Kier alpha value is -0.330. The highest BCUT2D eigenvalue weighted by atomic mass is 19.4. The lowest BCUT2D eigenvalue weighted by Crippen LogP contribution is -2.44. The molecule has 2 unspecified atom stereocenters. The molecule has 3 nitrogen and oxygen atoms in total. The van der Waals surface area contributed by atoms with Crippen molar-refractivity contribution in [3.8, 4) is 0 Å². The normalized spacial score (nSPS) is 29.8. The molecule has 0 bridgehead atoms. The second-order valence-electron chi connectivity index (χ2n) is 5.62. The number of rotatable bonds is 5. The van der Waals surface area contributed by atoms with Gasteiger partial charge in [0.1, 0.15) is 0 Å². The summed E-state index contributed by atoms with van der Waals surface area (Å²) in [7, 11) is 0. The lowest BCUT2D eigenvalue weighted by molar-refractivity contribution is -0.186. The Bertz CT molecular complexity index is 267. The summed E-state index contributed by atoms with van der Waals surface area (Å²) in [6, 6.07) is 0. The molecule has 0 aromatic heterocycles. The Morgan fingerprint density at radius 1 is 1.26 bits per heavy atom. The third kappa shape index (κ3) is 4.93. The van der Waals surface area contributed by atoms with Crippen molar-refractivity contribution in [1.82, 2.24) is 10.2 Å². The van der Waals surface area contributed by atoms with Gasteiger partial charge >= 0.3 is 6.18 Å². The molecule has 0 radical (unpaired) electrons. The van der Waals surface area contributed by atoms with E-state index in [1.807, 2.05) is 4.90 Å². The van der Waals surface area contributed by atoms with E-state index < -0.39 is 12.1 Å². The van der Waals surface area contributed by atoms with Gasteiger partial charge in [0.2, 0.25) is 0 Å². The summed E-state index contributed by atoms with van der Waals surface area (Å²) < 4.78 is 43.2. The van der Waals surface area contributed by atoms with E-state index in [0.717, 1.165) is 39.3 Å². The van der Waals surface area contributed by atoms with Crippen LogP contribution in [0.5, 0.6) is 0 Å². The molecule has 1 N–H and O–H groups in total. The number of halogens is 3. The van der Waals surface area contributed by atoms with Gasteiger partial charge in [0, 0.05) is 32.8 Å². The van der Waals surface area contributed by atoms with Crippen molar-refractivity contribution in [1.29, 1.82) is 0 Å². The lowest BCUT2D eigenvalue weighted by atomic mass is 9.97. The number of likely N-dealkylation sites (tertiary alicyclic amines) is 1. The maximum atomic E-state index is 12.7. The Kier molecular flexibility index (Phi) is 5.47. The standard InChI is InChI=1S/C13H23F3N2O/c14-13(15,16)12-2-1-5-18(9-12)6-4-17-8-11-3-7-19-10-11/h11-12,17H,1-10H2. The first-order valence-electron chi connectivity index (χ1n) is 7.13. The Morgan fingerprint density at radius 3 is 2.79 bits per heavy atom. The van der Waals surface area contributed by atoms with Gasteiger partial charge in [-0.15, -0.1) is 0 Å². The van der Waals surface area contributed by atoms with E-state index in [9.17, 15) is 13.2 Å². The van der Waals surface area contributed by atoms with E-state index in [1.165, 1.54) is 0 Å². The van der Waals surface area contributed by atoms with Gasteiger partial charge in [0.15, 0.2) is 0 Å². The zero-order valence-electron chi connectivity index (χ0n) is 11.2. The summed E-state index contributed by atoms with van der Waals surface area (Å²) in [5.74, 6) is -0.561. The minimum absolute atomic E-state index is 0.164. The molecule has 0 aliphatic carbocycles. The summed E-state index contributed by atoms with van der Waals surface area (Å²) in [4.78, 5) is 1.93. The number of nitrogens with zero attached hydrogens (tertiary/aromatic N) is 1. The summed E-state index contributed by atoms with van der Waals surface area (Å²) >= 11 is 0. The Morgan fingerprint density at radius 2 is 2.11 bits per heavy atom. The van der Waals surface area contributed by atoms with Crippen LogP contribution in [0.4, 0.5) is 13.2 Å². The molecule has 0 amide bonds. The number of nitrogens with one attached hydrogen (secondary N) is 1. The fourth-order valence-corrected chi connectivity index (χ4v) is 2.81. The maximum absolute atomic E-state index is 12.7. The first-order valence-corrected chi connectivity index (χ1v) is 7.13. The number of hydrogen-bond donors (Lipinski definition) is 1. The highest BCUT2D eigenvalue weighted by Crippen LogP contribution is 2.32. The molecule has 2 saturated heterocycles. The van der Waals surface area contributed by atoms with Gasteiger partial charge in [-0.3, -0.25) is 0 Å². The first-order chi connectivity index (χ1) is 9.05. The fourth-order valence-electron chi connectivity index (χ4n) is 2.81. The number of piperidine rings is 1. The molecule has 2 heterocycles. The van der Waals surface area contributed by atoms with Crippen LogP contribution in [0, 0.1) is 11.8 Å². The van der Waals surface area contributed by atoms with Crippen molar-refractivity contribution in [2.24, 2.45) is 11.8 Å². The summed E-state index contributed by atoms with van der Waals surface area (Å²) in [6.07, 6.45) is -2.01. The van der Waals surface area contributed by atoms with Gasteiger partial charge in [-0.25, -0.2) is 0 Å². The van der Waals surface area contributed by atoms with Gasteiger partial charge in [-0.1, -0.05) is 0 Å². The van der Waals surface area contributed by atoms with Crippen molar-refractivity contribution < 1.29 is 17.9 Å². The molecule has 112 valence electrons. The van der Waals surface area contributed by atoms with E-state index in [2.05, 4.69) is 5.32 Å². The van der Waals surface area contributed by atoms with Crippen LogP contribution in [0.15, 0.2) is 0 Å². The second-order valence-corrected chi connectivity index (χ2v) is 5.62. The second kappa shape index (κ2) is 6.90. The quantitative estimate of drug-likeness (QED) is 0.778. The van der Waals surface area contributed by atoms with Gasteiger partial charge in [0.25, 0.3) is 0 Å². The van der Waals surface area contributed by atoms with Crippen LogP contribution in [-0.2, 0) is 4.74 Å². The van der Waals surface area contributed by atoms with Gasteiger partial charge in [0.05, 0.1) is 12.5 Å². The smallest absolute Gasteiger partial charge is 0.381 e. The summed E-state index contributed by atoms with van der Waals surface area (Å²) in [6.45, 7) is 4.99. The van der Waals surface area contributed by atoms with Gasteiger partial charge in [-0.2, -0.15) is 13.2 Å². The van der Waals surface area contributed by atoms with Crippen molar-refractivity contribution >= 4 is 0 Å². The Balaban J connectivity index is 1.60. The molecule has 0 saturated carbocycles. The molecule has 0 spiro atoms. The van der Waals surface area contributed by atoms with E-state index in [4.69, 9.17) is 4.74 Å². The molecule has 6 heteroatoms. The van der Waals surface area contributed by atoms with Crippen molar-refractivity contribution in [3.63, 3.8) is 0 Å². The average Bonchev–Trinajstić information content (AvgIpc) is 2.87. The van der Waals surface area contributed by atoms with Crippen LogP contribution >= 0.6 is 0 Å². The van der Waals surface area contributed by atoms with Crippen LogP contribution in [0.1, 0.15) is 19.3 Å². The predicted octanol–water partition coefficient (Wildman–Crippen LogP) is 1.89. The van der Waals surface area contributed by atoms with Crippen LogP contribution in [0.25, 0.3) is 0 Å². The summed E-state index contributed by atoms with van der Waals surface area (Å²) in [5.41, 5.74) is 0. The third-order valence-corrected chi connectivity index (χ3v) is 4.03. The number of hydrogen-bond acceptors (Lipinski definition) is 3. The highest BCUT2D eigenvalue weighted by molar-refractivity contribution is 4.78. The van der Waals surface area contributed by atoms with Gasteiger partial charge < -0.3 is 15.0 Å². The van der Waals surface area contributed by atoms with Crippen LogP contribution < -0.4 is 5.32 Å². The molecule has 2 rings (SSSR count). The lowest BCUT2D eigenvalue weighted by Gasteiger charge is -2.33. The monoisotopic (exact) mass is 280 g/mol. The van der Waals surface area contributed by atoms with Crippen molar-refractivity contribution in [3.05, 3.63) is 0 Å². The van der Waals surface area contributed by atoms with Crippen molar-refractivity contribution in [2.45, 2.75) is 25.4 Å². The third-order valence-electron chi connectivity index (χ3n) is 4.03. The Labute approximate surface area is 112 Å². The van der Waals surface area contributed by atoms with E-state index in [0.29, 0.717) is 18.9 Å². The SMILES string of the molecule is FC(F)(F)C1CCCN(CCNCC2CCOC2)C1. The average molecular weight is 280 g/mol. The highest BCUT2D eigenvalue weighted by Gasteiger charge is 2.41. The molecule has 2 fully saturated rings. The largest absolute Gasteiger partial charge is 0.393 e. The molecular weight excluding hydrogens is 257 g/mol. The summed E-state index contributed by atoms with van der Waals surface area (Å²) in [5, 5.41) is 3.33. The van der Waals surface area contributed by atoms with Crippen molar-refractivity contribution in [2.75, 3.05) is 45.9 Å². The number of ether oxygens (including phenoxy) is 1. The fraction of sp³-hybridized carbons (Fsp3) is 1.00. The van der Waals surface area contributed by atoms with Crippen LogP contribution in [0.2, 0.25) is 0 Å². The molecular formula is C13H23F3N2O. The molecule has 2 atom stereocenters. The molecule has 19 heavy (non-hydrogen) atoms. The molecule has 2 aliphatic heterocycles. The van der Waals surface area contributed by atoms with Crippen LogP contribution in [0.3, 0.4) is 0 Å².